The molecule has 1 amide bonds. The zero-order valence-electron chi connectivity index (χ0n) is 13.9. The van der Waals surface area contributed by atoms with Crippen LogP contribution >= 0.6 is 11.3 Å². The van der Waals surface area contributed by atoms with Crippen LogP contribution in [0.1, 0.15) is 41.4 Å². The van der Waals surface area contributed by atoms with Crippen molar-refractivity contribution in [2.24, 2.45) is 0 Å². The van der Waals surface area contributed by atoms with Crippen molar-refractivity contribution in [2.75, 3.05) is 33.2 Å². The third-order valence-electron chi connectivity index (χ3n) is 5.22. The molecule has 3 heterocycles. The number of piperazine rings is 1. The number of hydrogen-bond donors (Lipinski definition) is 1. The van der Waals surface area contributed by atoms with Crippen molar-refractivity contribution < 1.29 is 9.59 Å². The lowest BCUT2D eigenvalue weighted by Gasteiger charge is -2.49. The van der Waals surface area contributed by atoms with Crippen LogP contribution in [-0.4, -0.2) is 60.3 Å². The van der Waals surface area contributed by atoms with Crippen LogP contribution < -0.4 is 5.32 Å². The molecule has 1 aromatic rings. The summed E-state index contributed by atoms with van der Waals surface area (Å²) >= 11 is 1.54. The van der Waals surface area contributed by atoms with E-state index in [9.17, 15) is 9.59 Å². The van der Waals surface area contributed by atoms with Gasteiger partial charge >= 0.3 is 0 Å². The minimum atomic E-state index is 0.0941. The van der Waals surface area contributed by atoms with Gasteiger partial charge in [0.05, 0.1) is 4.88 Å². The monoisotopic (exact) mass is 335 g/mol. The molecule has 1 N–H and O–H groups in total. The van der Waals surface area contributed by atoms with Gasteiger partial charge in [0.1, 0.15) is 0 Å². The lowest BCUT2D eigenvalue weighted by atomic mass is 9.86. The number of nitrogens with one attached hydrogen (secondary N) is 1. The molecule has 2 saturated heterocycles. The number of carbonyl (C=O) groups excluding carboxylic acids is 2. The first kappa shape index (κ1) is 16.6. The molecule has 1 spiro atoms. The molecule has 1 aromatic heterocycles. The molecule has 126 valence electrons. The summed E-state index contributed by atoms with van der Waals surface area (Å²) in [5.74, 6) is 0.320. The highest BCUT2D eigenvalue weighted by Crippen LogP contribution is 2.31. The molecule has 5 nitrogen and oxygen atoms in total. The molecule has 23 heavy (non-hydrogen) atoms. The lowest BCUT2D eigenvalue weighted by Crippen LogP contribution is -2.60. The van der Waals surface area contributed by atoms with Crippen LogP contribution in [0, 0.1) is 0 Å². The van der Waals surface area contributed by atoms with E-state index in [0.29, 0.717) is 6.42 Å². The molecule has 0 bridgehead atoms. The van der Waals surface area contributed by atoms with E-state index in [4.69, 9.17) is 0 Å². The van der Waals surface area contributed by atoms with E-state index >= 15 is 0 Å². The van der Waals surface area contributed by atoms with Crippen molar-refractivity contribution >= 4 is 23.0 Å². The number of ketones is 1. The van der Waals surface area contributed by atoms with Crippen molar-refractivity contribution in [2.45, 2.75) is 38.3 Å². The quantitative estimate of drug-likeness (QED) is 0.855. The standard InChI is InChI=1S/C17H25N3O2S/c1-13(21)15-9-14(11-23-15)10-20-8-7-19(2)17(12-20)4-3-16(22)18-6-5-17/h9,11H,3-8,10,12H2,1-2H3,(H,18,22). The summed E-state index contributed by atoms with van der Waals surface area (Å²) in [6.07, 6.45) is 2.55. The van der Waals surface area contributed by atoms with E-state index in [1.165, 1.54) is 16.9 Å². The number of thiophene rings is 1. The van der Waals surface area contributed by atoms with Crippen molar-refractivity contribution in [3.63, 3.8) is 0 Å². The highest BCUT2D eigenvalue weighted by Gasteiger charge is 2.40. The molecule has 0 aromatic carbocycles. The van der Waals surface area contributed by atoms with Gasteiger partial charge in [-0.25, -0.2) is 0 Å². The van der Waals surface area contributed by atoms with Crippen molar-refractivity contribution in [3.8, 4) is 0 Å². The largest absolute Gasteiger partial charge is 0.356 e. The minimum Gasteiger partial charge on any atom is -0.356 e. The van der Waals surface area contributed by atoms with Gasteiger partial charge in [0, 0.05) is 44.7 Å². The Morgan fingerprint density at radius 3 is 2.96 bits per heavy atom. The van der Waals surface area contributed by atoms with E-state index in [1.54, 1.807) is 6.92 Å². The van der Waals surface area contributed by atoms with Crippen LogP contribution in [0.15, 0.2) is 11.4 Å². The number of likely N-dealkylation sites (N-methyl/N-ethyl adjacent to an activating group) is 1. The molecule has 2 aliphatic rings. The summed E-state index contributed by atoms with van der Waals surface area (Å²) in [5, 5.41) is 5.09. The fraction of sp³-hybridized carbons (Fsp3) is 0.647. The number of nitrogens with zero attached hydrogens (tertiary/aromatic N) is 2. The van der Waals surface area contributed by atoms with E-state index in [-0.39, 0.29) is 17.2 Å². The zero-order valence-corrected chi connectivity index (χ0v) is 14.7. The molecule has 2 aliphatic heterocycles. The minimum absolute atomic E-state index is 0.0941. The second-order valence-electron chi connectivity index (χ2n) is 6.83. The smallest absolute Gasteiger partial charge is 0.220 e. The number of carbonyl (C=O) groups is 2. The second-order valence-corrected chi connectivity index (χ2v) is 7.74. The van der Waals surface area contributed by atoms with Crippen LogP contribution in [0.4, 0.5) is 0 Å². The SMILES string of the molecule is CC(=O)c1cc(CN2CCN(C)C3(CCNC(=O)CC3)C2)cs1. The van der Waals surface area contributed by atoms with Gasteiger partial charge in [-0.05, 0) is 43.8 Å². The summed E-state index contributed by atoms with van der Waals surface area (Å²) in [4.78, 5) is 28.9. The molecule has 6 heteroatoms. The Balaban J connectivity index is 1.69. The fourth-order valence-corrected chi connectivity index (χ4v) is 4.52. The van der Waals surface area contributed by atoms with Gasteiger partial charge in [0.15, 0.2) is 5.78 Å². The van der Waals surface area contributed by atoms with Crippen molar-refractivity contribution in [1.29, 1.82) is 0 Å². The fourth-order valence-electron chi connectivity index (χ4n) is 3.71. The molecular weight excluding hydrogens is 310 g/mol. The van der Waals surface area contributed by atoms with Gasteiger partial charge in [-0.15, -0.1) is 11.3 Å². The Morgan fingerprint density at radius 2 is 2.22 bits per heavy atom. The Bertz CT molecular complexity index is 600. The van der Waals surface area contributed by atoms with Gasteiger partial charge in [-0.1, -0.05) is 0 Å². The van der Waals surface area contributed by atoms with E-state index in [2.05, 4.69) is 27.5 Å². The first-order chi connectivity index (χ1) is 11.0. The molecule has 2 fully saturated rings. The predicted octanol–water partition coefficient (Wildman–Crippen LogP) is 1.74. The highest BCUT2D eigenvalue weighted by atomic mass is 32.1. The molecule has 0 saturated carbocycles. The summed E-state index contributed by atoms with van der Waals surface area (Å²) in [5.41, 5.74) is 1.32. The van der Waals surface area contributed by atoms with Crippen LogP contribution in [0.2, 0.25) is 0 Å². The summed E-state index contributed by atoms with van der Waals surface area (Å²) in [7, 11) is 2.19. The van der Waals surface area contributed by atoms with Crippen molar-refractivity contribution in [1.82, 2.24) is 15.1 Å². The number of amides is 1. The first-order valence-electron chi connectivity index (χ1n) is 8.27. The lowest BCUT2D eigenvalue weighted by molar-refractivity contribution is -0.121. The third kappa shape index (κ3) is 3.65. The van der Waals surface area contributed by atoms with Gasteiger partial charge in [-0.2, -0.15) is 0 Å². The average Bonchev–Trinajstić information content (AvgIpc) is 2.90. The summed E-state index contributed by atoms with van der Waals surface area (Å²) < 4.78 is 0. The van der Waals surface area contributed by atoms with Crippen molar-refractivity contribution in [3.05, 3.63) is 21.9 Å². The van der Waals surface area contributed by atoms with E-state index < -0.39 is 0 Å². The summed E-state index contributed by atoms with van der Waals surface area (Å²) in [6.45, 7) is 6.33. The average molecular weight is 335 g/mol. The van der Waals surface area contributed by atoms with Crippen LogP contribution in [0.25, 0.3) is 0 Å². The Kier molecular flexibility index (Phi) is 4.85. The van der Waals surface area contributed by atoms with Crippen LogP contribution in [0.5, 0.6) is 0 Å². The maximum Gasteiger partial charge on any atom is 0.220 e. The molecule has 1 atom stereocenters. The molecule has 0 radical (unpaired) electrons. The summed E-state index contributed by atoms with van der Waals surface area (Å²) in [6, 6.07) is 2.02. The first-order valence-corrected chi connectivity index (χ1v) is 9.15. The normalized spacial score (nSPS) is 27.0. The molecular formula is C17H25N3O2S. The van der Waals surface area contributed by atoms with Gasteiger partial charge in [-0.3, -0.25) is 19.4 Å². The zero-order chi connectivity index (χ0) is 16.4. The number of hydrogen-bond acceptors (Lipinski definition) is 5. The number of Topliss-reactive ketones (excluding diaryl/α,β-unsaturated/α-hetero) is 1. The van der Waals surface area contributed by atoms with Gasteiger partial charge < -0.3 is 5.32 Å². The Labute approximate surface area is 141 Å². The van der Waals surface area contributed by atoms with E-state index in [0.717, 1.165) is 50.4 Å². The van der Waals surface area contributed by atoms with Gasteiger partial charge in [0.25, 0.3) is 0 Å². The second kappa shape index (κ2) is 6.71. The Hall–Kier alpha value is -1.24. The maximum absolute atomic E-state index is 11.7. The van der Waals surface area contributed by atoms with E-state index in [1.807, 2.05) is 6.07 Å². The van der Waals surface area contributed by atoms with Crippen LogP contribution in [0.3, 0.4) is 0 Å². The molecule has 0 aliphatic carbocycles. The maximum atomic E-state index is 11.7. The van der Waals surface area contributed by atoms with Crippen LogP contribution in [-0.2, 0) is 11.3 Å². The van der Waals surface area contributed by atoms with Gasteiger partial charge in [0.2, 0.25) is 5.91 Å². The third-order valence-corrected chi connectivity index (χ3v) is 6.30. The predicted molar refractivity (Wildman–Crippen MR) is 91.8 cm³/mol. The highest BCUT2D eigenvalue weighted by molar-refractivity contribution is 7.12. The Morgan fingerprint density at radius 1 is 1.39 bits per heavy atom. The topological polar surface area (TPSA) is 52.7 Å². The number of rotatable bonds is 3. The molecule has 1 unspecified atom stereocenters. The molecule has 3 rings (SSSR count).